The van der Waals surface area contributed by atoms with Crippen molar-refractivity contribution in [2.24, 2.45) is 10.8 Å². The summed E-state index contributed by atoms with van der Waals surface area (Å²) in [6.45, 7) is 10.7. The number of aromatic amines is 1. The fraction of sp³-hybridized carbons (Fsp3) is 0.700. The summed E-state index contributed by atoms with van der Waals surface area (Å²) in [6, 6.07) is 0. The monoisotopic (exact) mass is 388 g/mol. The van der Waals surface area contributed by atoms with Gasteiger partial charge in [-0.25, -0.2) is 9.78 Å². The minimum Gasteiger partial charge on any atom is -0.450 e. The summed E-state index contributed by atoms with van der Waals surface area (Å²) in [5.41, 5.74) is -2.03. The van der Waals surface area contributed by atoms with Gasteiger partial charge in [-0.15, -0.1) is 0 Å². The molecule has 0 aromatic carbocycles. The lowest BCUT2D eigenvalue weighted by atomic mass is 9.66. The van der Waals surface area contributed by atoms with Crippen LogP contribution in [0, 0.1) is 10.8 Å². The molecule has 2 bridgehead atoms. The molecule has 0 amide bonds. The zero-order chi connectivity index (χ0) is 20.5. The normalized spacial score (nSPS) is 28.2. The van der Waals surface area contributed by atoms with E-state index < -0.39 is 16.4 Å². The van der Waals surface area contributed by atoms with E-state index in [2.05, 4.69) is 9.97 Å². The number of nitrogens with one attached hydrogen (secondary N) is 1. The number of ether oxygens (including phenoxy) is 1. The molecule has 28 heavy (non-hydrogen) atoms. The van der Waals surface area contributed by atoms with Gasteiger partial charge in [-0.2, -0.15) is 0 Å². The smallest absolute Gasteiger partial charge is 0.332 e. The minimum absolute atomic E-state index is 0.224. The molecular weight excluding hydrogens is 360 g/mol. The van der Waals surface area contributed by atoms with Gasteiger partial charge in [0.25, 0.3) is 5.56 Å². The Morgan fingerprint density at radius 1 is 1.04 bits per heavy atom. The minimum atomic E-state index is -0.910. The molecule has 2 fully saturated rings. The first-order valence-corrected chi connectivity index (χ1v) is 10.1. The van der Waals surface area contributed by atoms with Crippen LogP contribution < -0.4 is 11.2 Å². The maximum absolute atomic E-state index is 13.0. The van der Waals surface area contributed by atoms with Crippen LogP contribution in [0.4, 0.5) is 0 Å². The highest BCUT2D eigenvalue weighted by Gasteiger charge is 2.74. The molecule has 2 atom stereocenters. The summed E-state index contributed by atoms with van der Waals surface area (Å²) < 4.78 is 8.72. The van der Waals surface area contributed by atoms with Crippen LogP contribution in [0.2, 0.25) is 0 Å². The maximum atomic E-state index is 13.0. The van der Waals surface area contributed by atoms with Gasteiger partial charge >= 0.3 is 11.7 Å². The second kappa shape index (κ2) is 5.81. The largest absolute Gasteiger partial charge is 0.450 e. The Bertz CT molecular complexity index is 1090. The highest BCUT2D eigenvalue weighted by molar-refractivity contribution is 5.83. The molecule has 2 aromatic heterocycles. The van der Waals surface area contributed by atoms with E-state index in [-0.39, 0.29) is 17.2 Å². The molecule has 0 radical (unpaired) electrons. The number of H-pyrrole nitrogens is 1. The van der Waals surface area contributed by atoms with E-state index in [9.17, 15) is 14.4 Å². The predicted octanol–water partition coefficient (Wildman–Crippen LogP) is 2.28. The molecule has 152 valence electrons. The third kappa shape index (κ3) is 2.01. The van der Waals surface area contributed by atoms with Gasteiger partial charge in [-0.1, -0.05) is 27.7 Å². The standard InChI is InChI=1S/C20H28N4O4/c1-6-10-23-13-12(14(25)24(11-7-2)17(23)27)21-15(22-13)20-9-8-19(5,16(26)28-20)18(20,3)4/h6-11H2,1-5H3,(H,21,22). The molecule has 8 nitrogen and oxygen atoms in total. The van der Waals surface area contributed by atoms with Crippen molar-refractivity contribution in [2.45, 2.75) is 79.0 Å². The number of rotatable bonds is 5. The average Bonchev–Trinajstić information content (AvgIpc) is 3.21. The van der Waals surface area contributed by atoms with Crippen molar-refractivity contribution in [1.82, 2.24) is 19.1 Å². The van der Waals surface area contributed by atoms with Gasteiger partial charge < -0.3 is 9.72 Å². The van der Waals surface area contributed by atoms with Crippen LogP contribution in [0.5, 0.6) is 0 Å². The lowest BCUT2D eigenvalue weighted by Gasteiger charge is -2.35. The number of imidazole rings is 1. The molecule has 2 aliphatic rings. The Morgan fingerprint density at radius 3 is 2.21 bits per heavy atom. The lowest BCUT2D eigenvalue weighted by molar-refractivity contribution is -0.162. The van der Waals surface area contributed by atoms with Gasteiger partial charge in [0.1, 0.15) is 5.52 Å². The molecule has 8 heteroatoms. The second-order valence-electron chi connectivity index (χ2n) is 8.85. The number of hydrogen-bond donors (Lipinski definition) is 1. The van der Waals surface area contributed by atoms with Crippen molar-refractivity contribution < 1.29 is 9.53 Å². The first-order chi connectivity index (χ1) is 13.1. The van der Waals surface area contributed by atoms with Crippen LogP contribution in [0.15, 0.2) is 9.59 Å². The van der Waals surface area contributed by atoms with Crippen molar-refractivity contribution in [2.75, 3.05) is 0 Å². The van der Waals surface area contributed by atoms with Crippen LogP contribution in [0.3, 0.4) is 0 Å². The number of nitrogens with zero attached hydrogens (tertiary/aromatic N) is 3. The number of aryl methyl sites for hydroxylation is 1. The van der Waals surface area contributed by atoms with E-state index in [0.29, 0.717) is 49.3 Å². The zero-order valence-electron chi connectivity index (χ0n) is 17.2. The van der Waals surface area contributed by atoms with E-state index in [1.807, 2.05) is 34.6 Å². The Labute approximate surface area is 162 Å². The Kier molecular flexibility index (Phi) is 3.93. The molecule has 2 aromatic rings. The van der Waals surface area contributed by atoms with Crippen molar-refractivity contribution in [3.05, 3.63) is 26.7 Å². The van der Waals surface area contributed by atoms with Gasteiger partial charge in [0.2, 0.25) is 0 Å². The SMILES string of the molecule is CCCn1c(=O)c2[nH]c(C34CCC(C)(C(=O)O3)C4(C)C)nc2n(CCC)c1=O. The fourth-order valence-electron chi connectivity index (χ4n) is 4.97. The number of aromatic nitrogens is 4. The van der Waals surface area contributed by atoms with Gasteiger partial charge in [-0.3, -0.25) is 18.7 Å². The summed E-state index contributed by atoms with van der Waals surface area (Å²) in [6.07, 6.45) is 2.77. The van der Waals surface area contributed by atoms with Crippen LogP contribution in [0.25, 0.3) is 11.2 Å². The summed E-state index contributed by atoms with van der Waals surface area (Å²) in [5.74, 6) is 0.247. The molecule has 1 saturated heterocycles. The van der Waals surface area contributed by atoms with Crippen molar-refractivity contribution in [3.8, 4) is 0 Å². The van der Waals surface area contributed by atoms with Crippen molar-refractivity contribution >= 4 is 17.1 Å². The van der Waals surface area contributed by atoms with Crippen LogP contribution in [-0.2, 0) is 28.2 Å². The molecule has 1 N–H and O–H groups in total. The van der Waals surface area contributed by atoms with Gasteiger partial charge in [0.15, 0.2) is 17.1 Å². The van der Waals surface area contributed by atoms with E-state index in [1.54, 1.807) is 4.57 Å². The third-order valence-corrected chi connectivity index (χ3v) is 7.22. The fourth-order valence-corrected chi connectivity index (χ4v) is 4.97. The summed E-state index contributed by atoms with van der Waals surface area (Å²) in [7, 11) is 0. The van der Waals surface area contributed by atoms with E-state index in [1.165, 1.54) is 4.57 Å². The van der Waals surface area contributed by atoms with Crippen LogP contribution in [0.1, 0.15) is 66.1 Å². The zero-order valence-corrected chi connectivity index (χ0v) is 17.2. The Balaban J connectivity index is 2.00. The number of carbonyl (C=O) groups is 1. The summed E-state index contributed by atoms with van der Waals surface area (Å²) in [4.78, 5) is 46.3. The molecule has 0 spiro atoms. The predicted molar refractivity (Wildman–Crippen MR) is 104 cm³/mol. The van der Waals surface area contributed by atoms with Crippen molar-refractivity contribution in [1.29, 1.82) is 0 Å². The molecule has 4 rings (SSSR count). The average molecular weight is 388 g/mol. The number of fused-ring (bicyclic) bond motifs is 3. The molecule has 1 saturated carbocycles. The molecule has 2 unspecified atom stereocenters. The van der Waals surface area contributed by atoms with Gasteiger partial charge in [0, 0.05) is 18.5 Å². The first-order valence-electron chi connectivity index (χ1n) is 10.1. The molecule has 1 aliphatic heterocycles. The lowest BCUT2D eigenvalue weighted by Crippen LogP contribution is -2.40. The van der Waals surface area contributed by atoms with Crippen LogP contribution in [-0.4, -0.2) is 25.1 Å². The topological polar surface area (TPSA) is 99.0 Å². The molecule has 1 aliphatic carbocycles. The summed E-state index contributed by atoms with van der Waals surface area (Å²) >= 11 is 0. The second-order valence-corrected chi connectivity index (χ2v) is 8.85. The van der Waals surface area contributed by atoms with E-state index in [0.717, 1.165) is 6.42 Å². The first kappa shape index (κ1) is 19.0. The van der Waals surface area contributed by atoms with E-state index >= 15 is 0 Å². The highest BCUT2D eigenvalue weighted by Crippen LogP contribution is 2.69. The number of carbonyl (C=O) groups excluding carboxylic acids is 1. The molecular formula is C20H28N4O4. The quantitative estimate of drug-likeness (QED) is 0.792. The van der Waals surface area contributed by atoms with Crippen molar-refractivity contribution in [3.63, 3.8) is 0 Å². The summed E-state index contributed by atoms with van der Waals surface area (Å²) in [5, 5.41) is 0. The Morgan fingerprint density at radius 2 is 1.68 bits per heavy atom. The number of esters is 1. The number of hydrogen-bond acceptors (Lipinski definition) is 5. The third-order valence-electron chi connectivity index (χ3n) is 7.22. The van der Waals surface area contributed by atoms with Gasteiger partial charge in [-0.05, 0) is 32.6 Å². The maximum Gasteiger partial charge on any atom is 0.332 e. The van der Waals surface area contributed by atoms with Gasteiger partial charge in [0.05, 0.1) is 5.41 Å². The molecule has 3 heterocycles. The van der Waals surface area contributed by atoms with Crippen LogP contribution >= 0.6 is 0 Å². The van der Waals surface area contributed by atoms with E-state index in [4.69, 9.17) is 4.74 Å². The Hall–Kier alpha value is -2.38. The highest BCUT2D eigenvalue weighted by atomic mass is 16.6.